The molecule has 20 heavy (non-hydrogen) atoms. The van der Waals surface area contributed by atoms with Gasteiger partial charge >= 0.3 is 12.0 Å². The van der Waals surface area contributed by atoms with Crippen molar-refractivity contribution in [3.05, 3.63) is 0 Å². The maximum absolute atomic E-state index is 12.0. The van der Waals surface area contributed by atoms with Crippen LogP contribution in [-0.4, -0.2) is 28.7 Å². The summed E-state index contributed by atoms with van der Waals surface area (Å²) in [6.07, 6.45) is 8.15. The van der Waals surface area contributed by atoms with Crippen molar-refractivity contribution in [3.8, 4) is 0 Å². The lowest BCUT2D eigenvalue weighted by Gasteiger charge is -2.34. The van der Waals surface area contributed by atoms with Gasteiger partial charge in [-0.1, -0.05) is 45.4 Å². The molecule has 2 amide bonds. The largest absolute Gasteiger partial charge is 0.480 e. The number of carbonyl (C=O) groups is 2. The number of hydrogen-bond donors (Lipinski definition) is 3. The molecule has 0 aliphatic heterocycles. The first-order chi connectivity index (χ1) is 9.50. The molecular weight excluding hydrogens is 256 g/mol. The Hall–Kier alpha value is -1.26. The van der Waals surface area contributed by atoms with E-state index in [0.717, 1.165) is 44.9 Å². The van der Waals surface area contributed by atoms with E-state index in [9.17, 15) is 14.7 Å². The smallest absolute Gasteiger partial charge is 0.329 e. The third-order valence-electron chi connectivity index (χ3n) is 4.09. The number of nitrogens with one attached hydrogen (secondary N) is 2. The SMILES string of the molecule is CCCCCC(C)NC(=O)NC1(C(=O)O)CCCCC1. The number of aliphatic carboxylic acids is 1. The van der Waals surface area contributed by atoms with Crippen molar-refractivity contribution in [3.63, 3.8) is 0 Å². The molecule has 0 heterocycles. The molecule has 116 valence electrons. The number of urea groups is 1. The second-order valence-electron chi connectivity index (χ2n) is 5.94. The molecule has 0 aromatic rings. The zero-order valence-electron chi connectivity index (χ0n) is 12.7. The Morgan fingerprint density at radius 3 is 2.40 bits per heavy atom. The first-order valence-electron chi connectivity index (χ1n) is 7.82. The lowest BCUT2D eigenvalue weighted by molar-refractivity contribution is -0.145. The molecule has 1 fully saturated rings. The van der Waals surface area contributed by atoms with Gasteiger partial charge in [0.2, 0.25) is 0 Å². The van der Waals surface area contributed by atoms with Crippen LogP contribution in [0.15, 0.2) is 0 Å². The van der Waals surface area contributed by atoms with Crippen LogP contribution in [0.1, 0.15) is 71.6 Å². The van der Waals surface area contributed by atoms with Crippen molar-refractivity contribution in [2.45, 2.75) is 83.2 Å². The van der Waals surface area contributed by atoms with Gasteiger partial charge in [0.1, 0.15) is 5.54 Å². The topological polar surface area (TPSA) is 78.4 Å². The molecule has 0 saturated heterocycles. The molecular formula is C15H28N2O3. The molecule has 0 aromatic heterocycles. The average molecular weight is 284 g/mol. The predicted octanol–water partition coefficient (Wildman–Crippen LogP) is 3.04. The van der Waals surface area contributed by atoms with Crippen LogP contribution in [-0.2, 0) is 4.79 Å². The van der Waals surface area contributed by atoms with Crippen LogP contribution in [0, 0.1) is 0 Å². The molecule has 5 nitrogen and oxygen atoms in total. The summed E-state index contributed by atoms with van der Waals surface area (Å²) in [6.45, 7) is 4.11. The lowest BCUT2D eigenvalue weighted by Crippen LogP contribution is -2.58. The minimum atomic E-state index is -1.06. The number of unbranched alkanes of at least 4 members (excludes halogenated alkanes) is 2. The fourth-order valence-corrected chi connectivity index (χ4v) is 2.80. The van der Waals surface area contributed by atoms with E-state index in [2.05, 4.69) is 17.6 Å². The highest BCUT2D eigenvalue weighted by atomic mass is 16.4. The Morgan fingerprint density at radius 1 is 1.20 bits per heavy atom. The highest BCUT2D eigenvalue weighted by Gasteiger charge is 2.41. The number of carboxylic acid groups (broad SMARTS) is 1. The van der Waals surface area contributed by atoms with E-state index in [1.807, 2.05) is 6.92 Å². The molecule has 0 radical (unpaired) electrons. The van der Waals surface area contributed by atoms with Crippen LogP contribution in [0.25, 0.3) is 0 Å². The van der Waals surface area contributed by atoms with Gasteiger partial charge < -0.3 is 15.7 Å². The summed E-state index contributed by atoms with van der Waals surface area (Å²) in [7, 11) is 0. The summed E-state index contributed by atoms with van der Waals surface area (Å²) in [6, 6.07) is -0.269. The zero-order valence-corrected chi connectivity index (χ0v) is 12.7. The van der Waals surface area contributed by atoms with E-state index in [0.29, 0.717) is 12.8 Å². The summed E-state index contributed by atoms with van der Waals surface area (Å²) in [5.41, 5.74) is -1.06. The van der Waals surface area contributed by atoms with Gasteiger partial charge in [0.15, 0.2) is 0 Å². The fraction of sp³-hybridized carbons (Fsp3) is 0.867. The predicted molar refractivity (Wildman–Crippen MR) is 78.7 cm³/mol. The molecule has 3 N–H and O–H groups in total. The van der Waals surface area contributed by atoms with Crippen LogP contribution in [0.3, 0.4) is 0 Å². The molecule has 1 unspecified atom stereocenters. The van der Waals surface area contributed by atoms with Gasteiger partial charge in [0.25, 0.3) is 0 Å². The molecule has 1 atom stereocenters. The molecule has 1 saturated carbocycles. The summed E-state index contributed by atoms with van der Waals surface area (Å²) in [4.78, 5) is 23.4. The van der Waals surface area contributed by atoms with Gasteiger partial charge in [-0.25, -0.2) is 9.59 Å². The third kappa shape index (κ3) is 5.02. The van der Waals surface area contributed by atoms with Crippen LogP contribution >= 0.6 is 0 Å². The molecule has 0 bridgehead atoms. The molecule has 1 rings (SSSR count). The second kappa shape index (κ2) is 8.12. The standard InChI is InChI=1S/C15H28N2O3/c1-3-4-6-9-12(2)16-14(20)17-15(13(18)19)10-7-5-8-11-15/h12H,3-11H2,1-2H3,(H,18,19)(H2,16,17,20). The van der Waals surface area contributed by atoms with Crippen LogP contribution in [0.5, 0.6) is 0 Å². The van der Waals surface area contributed by atoms with Crippen LogP contribution in [0.2, 0.25) is 0 Å². The molecule has 5 heteroatoms. The van der Waals surface area contributed by atoms with Crippen LogP contribution < -0.4 is 10.6 Å². The van der Waals surface area contributed by atoms with Crippen molar-refractivity contribution in [1.29, 1.82) is 0 Å². The first-order valence-corrected chi connectivity index (χ1v) is 7.82. The Balaban J connectivity index is 2.44. The van der Waals surface area contributed by atoms with Crippen LogP contribution in [0.4, 0.5) is 4.79 Å². The minimum Gasteiger partial charge on any atom is -0.480 e. The summed E-state index contributed by atoms with van der Waals surface area (Å²) in [5.74, 6) is -0.911. The van der Waals surface area contributed by atoms with Crippen molar-refractivity contribution < 1.29 is 14.7 Å². The Labute approximate surface area is 121 Å². The Kier molecular flexibility index (Phi) is 6.82. The van der Waals surface area contributed by atoms with Gasteiger partial charge in [0, 0.05) is 6.04 Å². The maximum Gasteiger partial charge on any atom is 0.329 e. The van der Waals surface area contributed by atoms with E-state index in [1.165, 1.54) is 0 Å². The van der Waals surface area contributed by atoms with Gasteiger partial charge in [-0.3, -0.25) is 0 Å². The lowest BCUT2D eigenvalue weighted by atomic mass is 9.82. The number of rotatable bonds is 7. The quantitative estimate of drug-likeness (QED) is 0.629. The number of hydrogen-bond acceptors (Lipinski definition) is 2. The fourth-order valence-electron chi connectivity index (χ4n) is 2.80. The number of carboxylic acids is 1. The monoisotopic (exact) mass is 284 g/mol. The van der Waals surface area contributed by atoms with E-state index in [1.54, 1.807) is 0 Å². The molecule has 0 spiro atoms. The van der Waals surface area contributed by atoms with E-state index >= 15 is 0 Å². The maximum atomic E-state index is 12.0. The van der Waals surface area contributed by atoms with E-state index in [4.69, 9.17) is 0 Å². The summed E-state index contributed by atoms with van der Waals surface area (Å²) >= 11 is 0. The summed E-state index contributed by atoms with van der Waals surface area (Å²) in [5, 5.41) is 15.0. The molecule has 0 aromatic carbocycles. The zero-order chi connectivity index (χ0) is 15.0. The normalized spacial score (nSPS) is 19.1. The second-order valence-corrected chi connectivity index (χ2v) is 5.94. The highest BCUT2D eigenvalue weighted by molar-refractivity contribution is 5.86. The highest BCUT2D eigenvalue weighted by Crippen LogP contribution is 2.28. The van der Waals surface area contributed by atoms with E-state index < -0.39 is 11.5 Å². The average Bonchev–Trinajstić information content (AvgIpc) is 2.39. The van der Waals surface area contributed by atoms with Crippen molar-refractivity contribution in [2.75, 3.05) is 0 Å². The summed E-state index contributed by atoms with van der Waals surface area (Å²) < 4.78 is 0. The minimum absolute atomic E-state index is 0.0796. The van der Waals surface area contributed by atoms with Gasteiger partial charge in [-0.05, 0) is 26.2 Å². The number of carbonyl (C=O) groups excluding carboxylic acids is 1. The third-order valence-corrected chi connectivity index (χ3v) is 4.09. The van der Waals surface area contributed by atoms with Gasteiger partial charge in [-0.15, -0.1) is 0 Å². The Bertz CT molecular complexity index is 325. The Morgan fingerprint density at radius 2 is 1.85 bits per heavy atom. The van der Waals surface area contributed by atoms with E-state index in [-0.39, 0.29) is 12.1 Å². The van der Waals surface area contributed by atoms with Crippen molar-refractivity contribution >= 4 is 12.0 Å². The van der Waals surface area contributed by atoms with Crippen molar-refractivity contribution in [1.82, 2.24) is 10.6 Å². The van der Waals surface area contributed by atoms with Crippen molar-refractivity contribution in [2.24, 2.45) is 0 Å². The molecule has 1 aliphatic carbocycles. The first kappa shape index (κ1) is 16.8. The number of amides is 2. The van der Waals surface area contributed by atoms with Gasteiger partial charge in [0.05, 0.1) is 0 Å². The van der Waals surface area contributed by atoms with Gasteiger partial charge in [-0.2, -0.15) is 0 Å². The molecule has 1 aliphatic rings.